The van der Waals surface area contributed by atoms with Gasteiger partial charge in [0, 0.05) is 24.6 Å². The highest BCUT2D eigenvalue weighted by atomic mass is 16.7. The Balaban J connectivity index is 1.43. The van der Waals surface area contributed by atoms with Crippen LogP contribution in [0.3, 0.4) is 0 Å². The Labute approximate surface area is 258 Å². The van der Waals surface area contributed by atoms with Crippen LogP contribution in [0, 0.1) is 0 Å². The zero-order chi connectivity index (χ0) is 33.6. The first-order chi connectivity index (χ1) is 21.7. The molecule has 0 saturated carbocycles. The fraction of sp³-hybridized carbons (Fsp3) is 0.448. The van der Waals surface area contributed by atoms with E-state index in [9.17, 15) is 55.5 Å². The molecule has 250 valence electrons. The molecule has 0 radical (unpaired) electrons. The van der Waals surface area contributed by atoms with Crippen LogP contribution in [0.1, 0.15) is 13.8 Å². The van der Waals surface area contributed by atoms with Crippen LogP contribution in [0.2, 0.25) is 0 Å². The van der Waals surface area contributed by atoms with Gasteiger partial charge in [-0.2, -0.15) is 0 Å². The molecule has 2 aliphatic heterocycles. The Morgan fingerprint density at radius 1 is 0.826 bits per heavy atom. The molecule has 0 amide bonds. The lowest BCUT2D eigenvalue weighted by atomic mass is 9.97. The lowest BCUT2D eigenvalue weighted by Gasteiger charge is -2.45. The van der Waals surface area contributed by atoms with Gasteiger partial charge in [-0.15, -0.1) is 0 Å². The third-order valence-electron chi connectivity index (χ3n) is 7.58. The molecular weight excluding hydrogens is 620 g/mol. The van der Waals surface area contributed by atoms with Crippen molar-refractivity contribution in [3.8, 4) is 40.1 Å². The summed E-state index contributed by atoms with van der Waals surface area (Å²) in [6.45, 7) is 1.99. The largest absolute Gasteiger partial charge is 0.508 e. The molecule has 0 bridgehead atoms. The van der Waals surface area contributed by atoms with Crippen molar-refractivity contribution in [2.24, 2.45) is 0 Å². The van der Waals surface area contributed by atoms with Gasteiger partial charge in [-0.25, -0.2) is 0 Å². The van der Waals surface area contributed by atoms with Gasteiger partial charge < -0.3 is 74.1 Å². The lowest BCUT2D eigenvalue weighted by molar-refractivity contribution is -0.349. The highest BCUT2D eigenvalue weighted by molar-refractivity contribution is 5.88. The summed E-state index contributed by atoms with van der Waals surface area (Å²) in [5.41, 5.74) is -1.29. The van der Waals surface area contributed by atoms with Crippen molar-refractivity contribution in [3.63, 3.8) is 0 Å². The molecule has 2 aromatic carbocycles. The van der Waals surface area contributed by atoms with Gasteiger partial charge in [0.15, 0.2) is 23.5 Å². The van der Waals surface area contributed by atoms with Crippen molar-refractivity contribution >= 4 is 16.9 Å². The fourth-order valence-corrected chi connectivity index (χ4v) is 5.16. The van der Waals surface area contributed by atoms with Gasteiger partial charge in [0.25, 0.3) is 0 Å². The molecule has 10 atom stereocenters. The van der Waals surface area contributed by atoms with Gasteiger partial charge in [-0.05, 0) is 25.1 Å². The lowest BCUT2D eigenvalue weighted by Crippen LogP contribution is -2.64. The number of esters is 1. The molecule has 5 unspecified atom stereocenters. The van der Waals surface area contributed by atoms with Gasteiger partial charge in [0.05, 0.1) is 6.10 Å². The van der Waals surface area contributed by atoms with Gasteiger partial charge in [-0.1, -0.05) is 0 Å². The summed E-state index contributed by atoms with van der Waals surface area (Å²) in [7, 11) is 0. The predicted octanol–water partition coefficient (Wildman–Crippen LogP) is -1.12. The van der Waals surface area contributed by atoms with E-state index in [1.807, 2.05) is 0 Å². The third kappa shape index (κ3) is 6.26. The Morgan fingerprint density at radius 3 is 2.20 bits per heavy atom. The van der Waals surface area contributed by atoms with Crippen molar-refractivity contribution in [3.05, 3.63) is 40.6 Å². The molecule has 46 heavy (non-hydrogen) atoms. The van der Waals surface area contributed by atoms with E-state index in [1.165, 1.54) is 13.0 Å². The number of carbonyl (C=O) groups excluding carboxylic acids is 1. The average molecular weight is 653 g/mol. The van der Waals surface area contributed by atoms with Gasteiger partial charge in [-0.3, -0.25) is 9.59 Å². The molecule has 3 heterocycles. The number of aliphatic hydroxyl groups is 5. The molecular formula is C29H32O17. The minimum absolute atomic E-state index is 0.0141. The number of aromatic hydroxyl groups is 4. The number of carbonyl (C=O) groups is 1. The van der Waals surface area contributed by atoms with E-state index >= 15 is 0 Å². The summed E-state index contributed by atoms with van der Waals surface area (Å²) in [6, 6.07) is 5.29. The number of hydrogen-bond donors (Lipinski definition) is 9. The van der Waals surface area contributed by atoms with E-state index < -0.39 is 114 Å². The van der Waals surface area contributed by atoms with Gasteiger partial charge in [0.1, 0.15) is 71.8 Å². The van der Waals surface area contributed by atoms with Crippen molar-refractivity contribution in [2.45, 2.75) is 75.3 Å². The molecule has 2 saturated heterocycles. The normalized spacial score (nSPS) is 31.5. The molecule has 2 fully saturated rings. The van der Waals surface area contributed by atoms with E-state index in [-0.39, 0.29) is 16.9 Å². The summed E-state index contributed by atoms with van der Waals surface area (Å²) in [6.07, 6.45) is -16.6. The fourth-order valence-electron chi connectivity index (χ4n) is 5.16. The first kappa shape index (κ1) is 33.2. The molecule has 17 nitrogen and oxygen atoms in total. The molecule has 2 aliphatic rings. The molecule has 17 heteroatoms. The Kier molecular flexibility index (Phi) is 9.30. The van der Waals surface area contributed by atoms with E-state index in [1.54, 1.807) is 0 Å². The number of aliphatic hydroxyl groups excluding tert-OH is 5. The summed E-state index contributed by atoms with van der Waals surface area (Å²) in [4.78, 5) is 24.8. The first-order valence-corrected chi connectivity index (χ1v) is 13.9. The molecule has 9 N–H and O–H groups in total. The Bertz CT molecular complexity index is 1650. The minimum Gasteiger partial charge on any atom is -0.508 e. The van der Waals surface area contributed by atoms with Crippen molar-refractivity contribution in [2.75, 3.05) is 6.61 Å². The van der Waals surface area contributed by atoms with Crippen LogP contribution in [-0.2, 0) is 23.7 Å². The third-order valence-corrected chi connectivity index (χ3v) is 7.58. The Morgan fingerprint density at radius 2 is 1.52 bits per heavy atom. The van der Waals surface area contributed by atoms with Crippen molar-refractivity contribution in [1.29, 1.82) is 0 Å². The zero-order valence-electron chi connectivity index (χ0n) is 24.2. The van der Waals surface area contributed by atoms with Crippen LogP contribution in [0.5, 0.6) is 28.7 Å². The maximum Gasteiger partial charge on any atom is 0.302 e. The number of hydrogen-bond acceptors (Lipinski definition) is 17. The van der Waals surface area contributed by atoms with E-state index in [2.05, 4.69) is 0 Å². The second-order valence-electron chi connectivity index (χ2n) is 10.9. The maximum atomic E-state index is 13.6. The standard InChI is InChI=1S/C29H32O17/c1-9-25(45-29-23(39)21(37)19(35)17(44-29)8-41-10(2)30)22(38)24(40)28(42-9)46-27-20(36)18-15(34)6-12(31)7-16(18)43-26(27)11-3-4-13(32)14(33)5-11/h3-7,9,17,19,21-25,28-29,31-35,37-40H,8H2,1-2H3/t9-,17?,19?,21?,22-,23?,24+,25-,28-,29?/m0/s1. The SMILES string of the molecule is CC(=O)OCC1OC(O[C@@H]2[C@@H](O)[C@@H](O)[C@H](Oc3c(-c4ccc(O)c(O)c4)oc4cc(O)cc(O)c4c3=O)O[C@H]2C)C(O)C(O)C1O. The smallest absolute Gasteiger partial charge is 0.302 e. The number of phenols is 4. The van der Waals surface area contributed by atoms with Crippen molar-refractivity contribution in [1.82, 2.24) is 0 Å². The molecule has 5 rings (SSSR count). The van der Waals surface area contributed by atoms with E-state index in [4.69, 9.17) is 28.1 Å². The highest BCUT2D eigenvalue weighted by Crippen LogP contribution is 2.39. The van der Waals surface area contributed by atoms with E-state index in [0.717, 1.165) is 31.2 Å². The quantitative estimate of drug-likeness (QED) is 0.108. The highest BCUT2D eigenvalue weighted by Gasteiger charge is 2.50. The van der Waals surface area contributed by atoms with Gasteiger partial charge >= 0.3 is 5.97 Å². The van der Waals surface area contributed by atoms with Crippen LogP contribution >= 0.6 is 0 Å². The number of rotatable bonds is 7. The number of fused-ring (bicyclic) bond motifs is 1. The first-order valence-electron chi connectivity index (χ1n) is 13.9. The monoisotopic (exact) mass is 652 g/mol. The minimum atomic E-state index is -1.96. The number of benzene rings is 2. The van der Waals surface area contributed by atoms with Crippen molar-refractivity contribution < 1.29 is 78.9 Å². The molecule has 1 aromatic heterocycles. The second kappa shape index (κ2) is 12.9. The number of phenolic OH excluding ortho intramolecular Hbond substituents is 4. The van der Waals surface area contributed by atoms with Crippen LogP contribution < -0.4 is 10.2 Å². The zero-order valence-corrected chi connectivity index (χ0v) is 24.2. The summed E-state index contributed by atoms with van der Waals surface area (Å²) >= 11 is 0. The summed E-state index contributed by atoms with van der Waals surface area (Å²) in [5.74, 6) is -3.94. The topological polar surface area (TPSA) is 275 Å². The van der Waals surface area contributed by atoms with Crippen LogP contribution in [-0.4, -0.2) is 120 Å². The summed E-state index contributed by atoms with van der Waals surface area (Å²) in [5, 5.41) is 92.7. The molecule has 0 spiro atoms. The number of ether oxygens (including phenoxy) is 5. The second-order valence-corrected chi connectivity index (χ2v) is 10.9. The van der Waals surface area contributed by atoms with Crippen LogP contribution in [0.25, 0.3) is 22.3 Å². The predicted molar refractivity (Wildman–Crippen MR) is 150 cm³/mol. The summed E-state index contributed by atoms with van der Waals surface area (Å²) < 4.78 is 33.2. The molecule has 0 aliphatic carbocycles. The Hall–Kier alpha value is -4.20. The van der Waals surface area contributed by atoms with E-state index in [0.29, 0.717) is 0 Å². The maximum absolute atomic E-state index is 13.6. The van der Waals surface area contributed by atoms with Gasteiger partial charge in [0.2, 0.25) is 17.5 Å². The molecule has 3 aromatic rings. The van der Waals surface area contributed by atoms with Crippen LogP contribution in [0.15, 0.2) is 39.5 Å². The average Bonchev–Trinajstić information content (AvgIpc) is 2.99. The van der Waals surface area contributed by atoms with Crippen LogP contribution in [0.4, 0.5) is 0 Å².